The molecule has 0 saturated heterocycles. The predicted molar refractivity (Wildman–Crippen MR) is 101 cm³/mol. The highest BCUT2D eigenvalue weighted by Gasteiger charge is 2.26. The fraction of sp³-hybridized carbons (Fsp3) is 0.412. The smallest absolute Gasteiger partial charge is 0.327 e. The summed E-state index contributed by atoms with van der Waals surface area (Å²) in [7, 11) is 0. The highest BCUT2D eigenvalue weighted by molar-refractivity contribution is 5.79. The highest BCUT2D eigenvalue weighted by Crippen LogP contribution is 2.11. The van der Waals surface area contributed by atoms with E-state index in [2.05, 4.69) is 19.7 Å². The summed E-state index contributed by atoms with van der Waals surface area (Å²) >= 11 is 0. The Morgan fingerprint density at radius 2 is 0.750 bits per heavy atom. The number of carboxylic acid groups (broad SMARTS) is 3. The zero-order chi connectivity index (χ0) is 23.8. The van der Waals surface area contributed by atoms with E-state index in [0.29, 0.717) is 0 Å². The summed E-state index contributed by atoms with van der Waals surface area (Å²) in [5.74, 6) is -2.78. The van der Waals surface area contributed by atoms with Crippen molar-refractivity contribution in [1.82, 2.24) is 0 Å². The maximum absolute atomic E-state index is 9.44. The summed E-state index contributed by atoms with van der Waals surface area (Å²) in [6.07, 6.45) is 2.50. The van der Waals surface area contributed by atoms with Crippen LogP contribution >= 0.6 is 0 Å². The summed E-state index contributed by atoms with van der Waals surface area (Å²) in [5.41, 5.74) is -1.11. The average Bonchev–Trinajstić information content (AvgIpc) is 2.65. The molecular formula is C17H30O11. The van der Waals surface area contributed by atoms with Gasteiger partial charge in [-0.05, 0) is 13.8 Å². The predicted octanol–water partition coefficient (Wildman–Crippen LogP) is -0.692. The first-order chi connectivity index (χ1) is 12.8. The van der Waals surface area contributed by atoms with E-state index in [4.69, 9.17) is 35.7 Å². The van der Waals surface area contributed by atoms with E-state index in [-0.39, 0.29) is 5.78 Å². The maximum atomic E-state index is 9.44. The van der Waals surface area contributed by atoms with Crippen molar-refractivity contribution < 1.29 is 54.9 Å². The Kier molecular flexibility index (Phi) is 34.0. The van der Waals surface area contributed by atoms with Crippen LogP contribution in [0.4, 0.5) is 0 Å². The first-order valence-electron chi connectivity index (χ1n) is 7.26. The van der Waals surface area contributed by atoms with Gasteiger partial charge in [-0.15, -0.1) is 0 Å². The second-order valence-electron chi connectivity index (χ2n) is 4.67. The average molecular weight is 410 g/mol. The van der Waals surface area contributed by atoms with Gasteiger partial charge in [-0.1, -0.05) is 19.7 Å². The normalized spacial score (nSPS) is 8.21. The van der Waals surface area contributed by atoms with Crippen LogP contribution in [0.15, 0.2) is 38.0 Å². The molecule has 0 amide bonds. The molecule has 0 saturated carbocycles. The number of carbonyl (C=O) groups is 4. The first-order valence-corrected chi connectivity index (χ1v) is 7.26. The monoisotopic (exact) mass is 410 g/mol. The lowest BCUT2D eigenvalue weighted by atomic mass is 9.93. The van der Waals surface area contributed by atoms with E-state index in [1.54, 1.807) is 0 Å². The molecular weight excluding hydrogens is 380 g/mol. The van der Waals surface area contributed by atoms with Crippen LogP contribution in [0.2, 0.25) is 0 Å². The molecule has 0 atom stereocenters. The molecule has 0 spiro atoms. The van der Waals surface area contributed by atoms with E-state index < -0.39 is 49.8 Å². The van der Waals surface area contributed by atoms with E-state index in [9.17, 15) is 19.2 Å². The third-order valence-electron chi connectivity index (χ3n) is 1.87. The van der Waals surface area contributed by atoms with E-state index in [1.165, 1.54) is 13.8 Å². The van der Waals surface area contributed by atoms with Crippen molar-refractivity contribution >= 4 is 23.7 Å². The van der Waals surface area contributed by atoms with Gasteiger partial charge in [-0.25, -0.2) is 14.4 Å². The second-order valence-corrected chi connectivity index (χ2v) is 4.67. The van der Waals surface area contributed by atoms with Crippen LogP contribution in [0, 0.1) is 5.41 Å². The zero-order valence-electron chi connectivity index (χ0n) is 15.9. The maximum Gasteiger partial charge on any atom is 0.327 e. The Balaban J connectivity index is -0.0000000819. The van der Waals surface area contributed by atoms with Gasteiger partial charge in [0.25, 0.3) is 0 Å². The van der Waals surface area contributed by atoms with Crippen molar-refractivity contribution in [2.75, 3.05) is 26.4 Å². The molecule has 7 N–H and O–H groups in total. The fourth-order valence-corrected chi connectivity index (χ4v) is 0.300. The van der Waals surface area contributed by atoms with Crippen LogP contribution < -0.4 is 0 Å². The summed E-state index contributed by atoms with van der Waals surface area (Å²) in [4.78, 5) is 37.2. The Morgan fingerprint density at radius 1 is 0.643 bits per heavy atom. The molecule has 164 valence electrons. The fourth-order valence-electron chi connectivity index (χ4n) is 0.300. The lowest BCUT2D eigenvalue weighted by Crippen LogP contribution is -2.37. The van der Waals surface area contributed by atoms with Gasteiger partial charge >= 0.3 is 17.9 Å². The molecule has 0 fully saturated rings. The van der Waals surface area contributed by atoms with Crippen LogP contribution in [0.5, 0.6) is 0 Å². The van der Waals surface area contributed by atoms with Gasteiger partial charge in [0.15, 0.2) is 0 Å². The molecule has 0 unspecified atom stereocenters. The van der Waals surface area contributed by atoms with Gasteiger partial charge in [-0.2, -0.15) is 0 Å². The van der Waals surface area contributed by atoms with E-state index in [1.807, 2.05) is 0 Å². The number of hydrogen-bond donors (Lipinski definition) is 7. The molecule has 0 aromatic rings. The minimum absolute atomic E-state index is 0.167. The number of ketones is 1. The standard InChI is InChI=1S/C5H12O4.3C3H4O2.C3H6O/c6-1-5(2-7,3-8)4-9;3*1-2-3(4)5;1-3(2)4/h6-9H,1-4H2;3*2H,1H2,(H,4,5);1-2H3. The molecule has 0 rings (SSSR count). The molecule has 0 aromatic carbocycles. The van der Waals surface area contributed by atoms with Crippen LogP contribution in [0.3, 0.4) is 0 Å². The molecule has 0 bridgehead atoms. The molecule has 28 heavy (non-hydrogen) atoms. The van der Waals surface area contributed by atoms with Gasteiger partial charge in [-0.3, -0.25) is 0 Å². The van der Waals surface area contributed by atoms with E-state index in [0.717, 1.165) is 18.2 Å². The van der Waals surface area contributed by atoms with Crippen molar-refractivity contribution in [3.63, 3.8) is 0 Å². The summed E-state index contributed by atoms with van der Waals surface area (Å²) in [6, 6.07) is 0. The summed E-state index contributed by atoms with van der Waals surface area (Å²) in [6.45, 7) is 10.3. The quantitative estimate of drug-likeness (QED) is 0.261. The summed E-state index contributed by atoms with van der Waals surface area (Å²) in [5, 5.41) is 56.8. The van der Waals surface area contributed by atoms with Gasteiger partial charge in [0.05, 0.1) is 31.8 Å². The number of aliphatic hydroxyl groups is 4. The first kappa shape index (κ1) is 36.1. The number of hydrogen-bond acceptors (Lipinski definition) is 8. The Labute approximate surface area is 163 Å². The molecule has 11 nitrogen and oxygen atoms in total. The molecule has 0 heterocycles. The molecule has 0 radical (unpaired) electrons. The number of carbonyl (C=O) groups excluding carboxylic acids is 1. The SMILES string of the molecule is C=CC(=O)O.C=CC(=O)O.C=CC(=O)O.CC(C)=O.OCC(CO)(CO)CO. The Hall–Kier alpha value is -2.86. The molecule has 11 heteroatoms. The minimum atomic E-state index is -1.11. The third kappa shape index (κ3) is 49.5. The van der Waals surface area contributed by atoms with Crippen molar-refractivity contribution in [2.24, 2.45) is 5.41 Å². The number of carboxylic acids is 3. The van der Waals surface area contributed by atoms with Crippen LogP contribution in [0.1, 0.15) is 13.8 Å². The zero-order valence-corrected chi connectivity index (χ0v) is 15.9. The van der Waals surface area contributed by atoms with Crippen molar-refractivity contribution in [1.29, 1.82) is 0 Å². The highest BCUT2D eigenvalue weighted by atomic mass is 16.4. The molecule has 0 aromatic heterocycles. The number of aliphatic hydroxyl groups excluding tert-OH is 4. The van der Waals surface area contributed by atoms with Crippen molar-refractivity contribution in [2.45, 2.75) is 13.8 Å². The second kappa shape index (κ2) is 26.4. The third-order valence-corrected chi connectivity index (χ3v) is 1.87. The number of Topliss-reactive ketones (excluding diaryl/α,β-unsaturated/α-hetero) is 1. The molecule has 0 aliphatic rings. The summed E-state index contributed by atoms with van der Waals surface area (Å²) < 4.78 is 0. The largest absolute Gasteiger partial charge is 0.478 e. The lowest BCUT2D eigenvalue weighted by molar-refractivity contribution is -0.132. The van der Waals surface area contributed by atoms with Gasteiger partial charge < -0.3 is 40.5 Å². The number of rotatable bonds is 7. The van der Waals surface area contributed by atoms with Crippen LogP contribution in [-0.2, 0) is 19.2 Å². The lowest BCUT2D eigenvalue weighted by Gasteiger charge is -2.23. The van der Waals surface area contributed by atoms with Crippen molar-refractivity contribution in [3.8, 4) is 0 Å². The van der Waals surface area contributed by atoms with Gasteiger partial charge in [0.1, 0.15) is 5.78 Å². The Bertz CT molecular complexity index is 401. The number of aliphatic carboxylic acids is 3. The topological polar surface area (TPSA) is 210 Å². The molecule has 0 aliphatic carbocycles. The van der Waals surface area contributed by atoms with Crippen LogP contribution in [-0.4, -0.2) is 85.9 Å². The van der Waals surface area contributed by atoms with Crippen LogP contribution in [0.25, 0.3) is 0 Å². The van der Waals surface area contributed by atoms with Gasteiger partial charge in [0.2, 0.25) is 0 Å². The van der Waals surface area contributed by atoms with Crippen molar-refractivity contribution in [3.05, 3.63) is 38.0 Å². The minimum Gasteiger partial charge on any atom is -0.478 e. The Morgan fingerprint density at radius 3 is 0.750 bits per heavy atom. The van der Waals surface area contributed by atoms with Gasteiger partial charge in [0, 0.05) is 18.2 Å². The van der Waals surface area contributed by atoms with E-state index >= 15 is 0 Å². The molecule has 0 aliphatic heterocycles.